The van der Waals surface area contributed by atoms with E-state index in [0.29, 0.717) is 23.0 Å². The minimum Gasteiger partial charge on any atom is -0.468 e. The van der Waals surface area contributed by atoms with Crippen LogP contribution in [0.4, 0.5) is 0 Å². The minimum absolute atomic E-state index is 0.0458. The molecule has 0 bridgehead atoms. The van der Waals surface area contributed by atoms with Gasteiger partial charge in [-0.1, -0.05) is 42.8 Å². The summed E-state index contributed by atoms with van der Waals surface area (Å²) in [5.41, 5.74) is 0.588. The molecule has 1 amide bonds. The molecule has 0 radical (unpaired) electrons. The molecule has 0 spiro atoms. The summed E-state index contributed by atoms with van der Waals surface area (Å²) in [5, 5.41) is 8.54. The monoisotopic (exact) mass is 442 g/mol. The van der Waals surface area contributed by atoms with Crippen LogP contribution in [0, 0.1) is 0 Å². The second kappa shape index (κ2) is 9.42. The zero-order valence-corrected chi connectivity index (χ0v) is 18.3. The molecule has 0 saturated carbocycles. The Morgan fingerprint density at radius 2 is 1.67 bits per heavy atom. The summed E-state index contributed by atoms with van der Waals surface area (Å²) in [4.78, 5) is 28.8. The Labute approximate surface area is 191 Å². The van der Waals surface area contributed by atoms with E-state index in [-0.39, 0.29) is 23.2 Å². The van der Waals surface area contributed by atoms with Crippen molar-refractivity contribution in [2.45, 2.75) is 25.3 Å². The van der Waals surface area contributed by atoms with E-state index in [1.807, 2.05) is 36.4 Å². The number of carbonyl (C=O) groups is 1. The first-order valence-corrected chi connectivity index (χ1v) is 11.4. The van der Waals surface area contributed by atoms with Crippen LogP contribution in [0.25, 0.3) is 16.5 Å². The minimum atomic E-state index is -0.315. The number of aromatic nitrogens is 2. The first kappa shape index (κ1) is 21.2. The van der Waals surface area contributed by atoms with Gasteiger partial charge in [-0.3, -0.25) is 14.5 Å². The van der Waals surface area contributed by atoms with Crippen molar-refractivity contribution in [3.05, 3.63) is 94.8 Å². The van der Waals surface area contributed by atoms with Gasteiger partial charge in [0.05, 0.1) is 23.4 Å². The van der Waals surface area contributed by atoms with Crippen molar-refractivity contribution in [2.24, 2.45) is 0 Å². The Morgan fingerprint density at radius 3 is 2.39 bits per heavy atom. The number of hydrogen-bond acceptors (Lipinski definition) is 5. The molecule has 0 aliphatic carbocycles. The van der Waals surface area contributed by atoms with Crippen molar-refractivity contribution in [3.63, 3.8) is 0 Å². The maximum atomic E-state index is 13.4. The average molecular weight is 443 g/mol. The summed E-state index contributed by atoms with van der Waals surface area (Å²) < 4.78 is 6.99. The van der Waals surface area contributed by atoms with Gasteiger partial charge >= 0.3 is 0 Å². The van der Waals surface area contributed by atoms with Gasteiger partial charge < -0.3 is 9.73 Å². The zero-order valence-electron chi connectivity index (χ0n) is 18.3. The molecule has 1 atom stereocenters. The van der Waals surface area contributed by atoms with Crippen molar-refractivity contribution in [3.8, 4) is 5.69 Å². The highest BCUT2D eigenvalue weighted by atomic mass is 16.3. The molecule has 1 fully saturated rings. The van der Waals surface area contributed by atoms with E-state index in [9.17, 15) is 9.59 Å². The molecular formula is C26H26N4O3. The standard InChI is InChI=1S/C26H26N4O3/c31-25(27-18-22(23-14-9-17-33-23)29-15-7-2-8-16-29)24-20-12-5-6-13-21(20)26(32)30(28-24)19-10-3-1-4-11-19/h1,3-6,9-14,17,22H,2,7-8,15-16,18H2,(H,27,31)/t22-/m1/s1. The number of furan rings is 1. The van der Waals surface area contributed by atoms with Crippen LogP contribution in [0.5, 0.6) is 0 Å². The number of amides is 1. The Bertz CT molecular complexity index is 1290. The lowest BCUT2D eigenvalue weighted by Gasteiger charge is -2.33. The van der Waals surface area contributed by atoms with Crippen LogP contribution in [-0.4, -0.2) is 40.2 Å². The Morgan fingerprint density at radius 1 is 0.939 bits per heavy atom. The molecule has 3 heterocycles. The first-order valence-electron chi connectivity index (χ1n) is 11.4. The van der Waals surface area contributed by atoms with Crippen molar-refractivity contribution in [1.29, 1.82) is 0 Å². The van der Waals surface area contributed by atoms with E-state index in [1.165, 1.54) is 11.1 Å². The normalized spacial score (nSPS) is 15.4. The van der Waals surface area contributed by atoms with E-state index >= 15 is 0 Å². The largest absolute Gasteiger partial charge is 0.468 e. The number of hydrogen-bond donors (Lipinski definition) is 1. The van der Waals surface area contributed by atoms with Crippen molar-refractivity contribution >= 4 is 16.7 Å². The van der Waals surface area contributed by atoms with Crippen molar-refractivity contribution in [2.75, 3.05) is 19.6 Å². The SMILES string of the molecule is O=C(NC[C@H](c1ccco1)N1CCCCC1)c1nn(-c2ccccc2)c(=O)c2ccccc12. The smallest absolute Gasteiger partial charge is 0.279 e. The highest BCUT2D eigenvalue weighted by Crippen LogP contribution is 2.25. The summed E-state index contributed by atoms with van der Waals surface area (Å²) in [6.07, 6.45) is 5.17. The van der Waals surface area contributed by atoms with Gasteiger partial charge in [0, 0.05) is 11.9 Å². The number of rotatable bonds is 6. The molecule has 1 saturated heterocycles. The zero-order chi connectivity index (χ0) is 22.6. The van der Waals surface area contributed by atoms with Crippen LogP contribution in [0.2, 0.25) is 0 Å². The van der Waals surface area contributed by atoms with Crippen LogP contribution in [0.1, 0.15) is 41.6 Å². The number of likely N-dealkylation sites (tertiary alicyclic amines) is 1. The number of carbonyl (C=O) groups excluding carboxylic acids is 1. The van der Waals surface area contributed by atoms with E-state index in [0.717, 1.165) is 31.7 Å². The van der Waals surface area contributed by atoms with Crippen LogP contribution in [0.3, 0.4) is 0 Å². The summed E-state index contributed by atoms with van der Waals surface area (Å²) in [6.45, 7) is 2.34. The number of para-hydroxylation sites is 1. The Balaban J connectivity index is 1.48. The highest BCUT2D eigenvalue weighted by Gasteiger charge is 2.26. The van der Waals surface area contributed by atoms with E-state index in [2.05, 4.69) is 15.3 Å². The predicted octanol–water partition coefficient (Wildman–Crippen LogP) is 3.94. The molecule has 0 unspecified atom stereocenters. The molecule has 1 N–H and O–H groups in total. The third-order valence-electron chi connectivity index (χ3n) is 6.18. The molecule has 1 aliphatic heterocycles. The lowest BCUT2D eigenvalue weighted by Crippen LogP contribution is -2.41. The number of nitrogens with zero attached hydrogens (tertiary/aromatic N) is 3. The lowest BCUT2D eigenvalue weighted by molar-refractivity contribution is 0.0909. The second-order valence-corrected chi connectivity index (χ2v) is 8.28. The molecule has 7 nitrogen and oxygen atoms in total. The van der Waals surface area contributed by atoms with Gasteiger partial charge in [0.25, 0.3) is 11.5 Å². The summed E-state index contributed by atoms with van der Waals surface area (Å²) >= 11 is 0. The number of piperidine rings is 1. The van der Waals surface area contributed by atoms with E-state index in [4.69, 9.17) is 4.42 Å². The van der Waals surface area contributed by atoms with Gasteiger partial charge in [0.15, 0.2) is 5.69 Å². The quantitative estimate of drug-likeness (QED) is 0.489. The molecular weight excluding hydrogens is 416 g/mol. The number of nitrogens with one attached hydrogen (secondary N) is 1. The van der Waals surface area contributed by atoms with E-state index < -0.39 is 0 Å². The van der Waals surface area contributed by atoms with Gasteiger partial charge in [0.2, 0.25) is 0 Å². The fourth-order valence-corrected chi connectivity index (χ4v) is 4.50. The molecule has 2 aromatic carbocycles. The van der Waals surface area contributed by atoms with Crippen LogP contribution in [-0.2, 0) is 0 Å². The topological polar surface area (TPSA) is 80.4 Å². The molecule has 5 rings (SSSR count). The van der Waals surface area contributed by atoms with Gasteiger partial charge in [-0.25, -0.2) is 0 Å². The average Bonchev–Trinajstić information content (AvgIpc) is 3.40. The van der Waals surface area contributed by atoms with Crippen LogP contribution in [0.15, 0.2) is 82.2 Å². The van der Waals surface area contributed by atoms with E-state index in [1.54, 1.807) is 36.6 Å². The van der Waals surface area contributed by atoms with Gasteiger partial charge in [-0.2, -0.15) is 9.78 Å². The maximum absolute atomic E-state index is 13.4. The molecule has 2 aromatic heterocycles. The number of fused-ring (bicyclic) bond motifs is 1. The van der Waals surface area contributed by atoms with Crippen LogP contribution < -0.4 is 10.9 Å². The fraction of sp³-hybridized carbons (Fsp3) is 0.269. The van der Waals surface area contributed by atoms with Crippen molar-refractivity contribution < 1.29 is 9.21 Å². The molecule has 7 heteroatoms. The molecule has 168 valence electrons. The Kier molecular flexibility index (Phi) is 6.04. The summed E-state index contributed by atoms with van der Waals surface area (Å²) in [7, 11) is 0. The highest BCUT2D eigenvalue weighted by molar-refractivity contribution is 6.04. The maximum Gasteiger partial charge on any atom is 0.279 e. The number of benzene rings is 2. The fourth-order valence-electron chi connectivity index (χ4n) is 4.50. The predicted molar refractivity (Wildman–Crippen MR) is 127 cm³/mol. The van der Waals surface area contributed by atoms with Gasteiger partial charge in [-0.15, -0.1) is 0 Å². The Hall–Kier alpha value is -3.71. The molecule has 33 heavy (non-hydrogen) atoms. The second-order valence-electron chi connectivity index (χ2n) is 8.28. The lowest BCUT2D eigenvalue weighted by atomic mass is 10.1. The van der Waals surface area contributed by atoms with Gasteiger partial charge in [-0.05, 0) is 56.3 Å². The van der Waals surface area contributed by atoms with Crippen molar-refractivity contribution in [1.82, 2.24) is 20.0 Å². The summed E-state index contributed by atoms with van der Waals surface area (Å²) in [5.74, 6) is 0.522. The first-order chi connectivity index (χ1) is 16.2. The third-order valence-corrected chi connectivity index (χ3v) is 6.18. The summed E-state index contributed by atoms with van der Waals surface area (Å²) in [6, 6.07) is 20.0. The van der Waals surface area contributed by atoms with Crippen LogP contribution >= 0.6 is 0 Å². The van der Waals surface area contributed by atoms with Gasteiger partial charge in [0.1, 0.15) is 5.76 Å². The third kappa shape index (κ3) is 4.32. The molecule has 4 aromatic rings. The molecule has 1 aliphatic rings.